The molecule has 0 aliphatic heterocycles. The van der Waals surface area contributed by atoms with Gasteiger partial charge in [0.15, 0.2) is 11.6 Å². The van der Waals surface area contributed by atoms with Gasteiger partial charge in [-0.3, -0.25) is 0 Å². The number of halogens is 3. The predicted octanol–water partition coefficient (Wildman–Crippen LogP) is 0.891. The minimum absolute atomic E-state index is 0. The molecule has 0 fully saturated rings. The van der Waals surface area contributed by atoms with Gasteiger partial charge in [0, 0.05) is 0 Å². The van der Waals surface area contributed by atoms with Gasteiger partial charge in [0.05, 0.1) is 11.8 Å². The maximum atomic E-state index is 5.46. The molecule has 7 heteroatoms. The number of rotatable bonds is 2. The van der Waals surface area contributed by atoms with E-state index in [1.165, 1.54) is 4.68 Å². The first-order chi connectivity index (χ1) is 4.79. The molecule has 0 aliphatic carbocycles. The molecule has 1 aromatic heterocycles. The third-order valence-electron chi connectivity index (χ3n) is 1.08. The number of nitrogens with two attached hydrogens (primary N) is 1. The van der Waals surface area contributed by atoms with Gasteiger partial charge in [-0.2, -0.15) is 0 Å². The van der Waals surface area contributed by atoms with E-state index < -0.39 is 0 Å². The third-order valence-corrected chi connectivity index (χ3v) is 1.55. The predicted molar refractivity (Wildman–Crippen MR) is 46.5 cm³/mol. The fourth-order valence-corrected chi connectivity index (χ4v) is 0.907. The second-order valence-corrected chi connectivity index (χ2v) is 2.20. The van der Waals surface area contributed by atoms with Crippen molar-refractivity contribution in [3.63, 3.8) is 0 Å². The highest BCUT2D eigenvalue weighted by molar-refractivity contribution is 6.17. The van der Waals surface area contributed by atoms with Gasteiger partial charge in [0.2, 0.25) is 0 Å². The van der Waals surface area contributed by atoms with Gasteiger partial charge in [0.1, 0.15) is 0 Å². The first-order valence-corrected chi connectivity index (χ1v) is 3.66. The van der Waals surface area contributed by atoms with Crippen molar-refractivity contribution in [2.45, 2.75) is 11.8 Å². The van der Waals surface area contributed by atoms with Gasteiger partial charge in [-0.15, -0.1) is 45.8 Å². The molecular formula is C4H7Cl3N4. The maximum absolute atomic E-state index is 5.46. The Kier molecular flexibility index (Phi) is 4.56. The smallest absolute Gasteiger partial charge is 0.166 e. The molecule has 11 heavy (non-hydrogen) atoms. The molecule has 0 atom stereocenters. The van der Waals surface area contributed by atoms with Crippen LogP contribution in [0.25, 0.3) is 0 Å². The van der Waals surface area contributed by atoms with Gasteiger partial charge in [-0.1, -0.05) is 0 Å². The second kappa shape index (κ2) is 4.64. The largest absolute Gasteiger partial charge is 0.336 e. The number of hydrogen-bond acceptors (Lipinski definition) is 3. The van der Waals surface area contributed by atoms with Crippen molar-refractivity contribution in [2.24, 2.45) is 0 Å². The minimum atomic E-state index is 0. The van der Waals surface area contributed by atoms with Crippen LogP contribution in [0.4, 0.5) is 0 Å². The van der Waals surface area contributed by atoms with Crippen LogP contribution in [-0.4, -0.2) is 14.9 Å². The summed E-state index contributed by atoms with van der Waals surface area (Å²) in [6, 6.07) is 0. The standard InChI is InChI=1S/C4H6Cl2N4.ClH/c5-1-3-8-9-4(2-6)10(3)7;/h1-2,7H2;1H. The summed E-state index contributed by atoms with van der Waals surface area (Å²) in [6.45, 7) is 0. The zero-order valence-electron chi connectivity index (χ0n) is 5.50. The molecule has 1 heterocycles. The van der Waals surface area contributed by atoms with Crippen molar-refractivity contribution in [3.05, 3.63) is 11.6 Å². The van der Waals surface area contributed by atoms with Crippen molar-refractivity contribution in [1.29, 1.82) is 0 Å². The lowest BCUT2D eigenvalue weighted by atomic mass is 10.7. The summed E-state index contributed by atoms with van der Waals surface area (Å²) in [7, 11) is 0. The lowest BCUT2D eigenvalue weighted by molar-refractivity contribution is 0.871. The fourth-order valence-electron chi connectivity index (χ4n) is 0.543. The first kappa shape index (κ1) is 10.8. The van der Waals surface area contributed by atoms with E-state index in [-0.39, 0.29) is 24.2 Å². The van der Waals surface area contributed by atoms with E-state index in [2.05, 4.69) is 10.2 Å². The molecule has 0 aromatic carbocycles. The molecule has 0 unspecified atom stereocenters. The SMILES string of the molecule is Cl.Nn1c(CCl)nnc1CCl. The van der Waals surface area contributed by atoms with E-state index >= 15 is 0 Å². The van der Waals surface area contributed by atoms with E-state index in [1.807, 2.05) is 0 Å². The average molecular weight is 217 g/mol. The van der Waals surface area contributed by atoms with Gasteiger partial charge >= 0.3 is 0 Å². The van der Waals surface area contributed by atoms with Crippen LogP contribution < -0.4 is 5.84 Å². The van der Waals surface area contributed by atoms with Crippen LogP contribution in [0.3, 0.4) is 0 Å². The number of hydrogen-bond donors (Lipinski definition) is 1. The van der Waals surface area contributed by atoms with E-state index in [0.29, 0.717) is 11.6 Å². The van der Waals surface area contributed by atoms with Crippen molar-refractivity contribution < 1.29 is 0 Å². The van der Waals surface area contributed by atoms with Gasteiger partial charge in [-0.05, 0) is 0 Å². The Hall–Kier alpha value is -0.190. The zero-order valence-corrected chi connectivity index (χ0v) is 7.83. The highest BCUT2D eigenvalue weighted by atomic mass is 35.5. The molecule has 0 saturated carbocycles. The van der Waals surface area contributed by atoms with Crippen molar-refractivity contribution in [3.8, 4) is 0 Å². The monoisotopic (exact) mass is 216 g/mol. The Labute approximate surface area is 80.1 Å². The molecule has 0 radical (unpaired) electrons. The van der Waals surface area contributed by atoms with Crippen LogP contribution in [0.15, 0.2) is 0 Å². The fraction of sp³-hybridized carbons (Fsp3) is 0.500. The van der Waals surface area contributed by atoms with Crippen molar-refractivity contribution >= 4 is 35.6 Å². The van der Waals surface area contributed by atoms with E-state index in [4.69, 9.17) is 29.0 Å². The molecule has 0 aliphatic rings. The normalized spacial score (nSPS) is 9.27. The summed E-state index contributed by atoms with van der Waals surface area (Å²) in [5.74, 6) is 7.00. The van der Waals surface area contributed by atoms with Crippen molar-refractivity contribution in [2.75, 3.05) is 5.84 Å². The van der Waals surface area contributed by atoms with Gasteiger partial charge < -0.3 is 5.84 Å². The summed E-state index contributed by atoms with van der Waals surface area (Å²) in [5, 5.41) is 7.35. The molecule has 0 bridgehead atoms. The highest BCUT2D eigenvalue weighted by Crippen LogP contribution is 2.01. The van der Waals surface area contributed by atoms with Crippen LogP contribution in [0.2, 0.25) is 0 Å². The lowest BCUT2D eigenvalue weighted by Gasteiger charge is -1.95. The van der Waals surface area contributed by atoms with E-state index in [1.54, 1.807) is 0 Å². The zero-order chi connectivity index (χ0) is 7.56. The van der Waals surface area contributed by atoms with Crippen LogP contribution in [0.5, 0.6) is 0 Å². The van der Waals surface area contributed by atoms with Gasteiger partial charge in [0.25, 0.3) is 0 Å². The third kappa shape index (κ3) is 2.12. The molecule has 0 amide bonds. The molecule has 4 nitrogen and oxygen atoms in total. The number of nitrogen functional groups attached to an aromatic ring is 1. The van der Waals surface area contributed by atoms with Gasteiger partial charge in [-0.25, -0.2) is 4.68 Å². The van der Waals surface area contributed by atoms with E-state index in [9.17, 15) is 0 Å². The summed E-state index contributed by atoms with van der Waals surface area (Å²) < 4.78 is 1.29. The maximum Gasteiger partial charge on any atom is 0.166 e. The van der Waals surface area contributed by atoms with Crippen LogP contribution in [-0.2, 0) is 11.8 Å². The Bertz CT molecular complexity index is 202. The number of nitrogens with zero attached hydrogens (tertiary/aromatic N) is 3. The average Bonchev–Trinajstić information content (AvgIpc) is 2.30. The molecule has 1 aromatic rings. The molecule has 1 rings (SSSR count). The van der Waals surface area contributed by atoms with Crippen LogP contribution in [0.1, 0.15) is 11.6 Å². The Morgan fingerprint density at radius 1 is 1.18 bits per heavy atom. The topological polar surface area (TPSA) is 56.7 Å². The Morgan fingerprint density at radius 2 is 1.55 bits per heavy atom. The molecule has 64 valence electrons. The quantitative estimate of drug-likeness (QED) is 0.591. The van der Waals surface area contributed by atoms with Crippen LogP contribution in [0, 0.1) is 0 Å². The Balaban J connectivity index is 0.000001000. The molecule has 2 N–H and O–H groups in total. The minimum Gasteiger partial charge on any atom is -0.336 e. The first-order valence-electron chi connectivity index (χ1n) is 2.59. The lowest BCUT2D eigenvalue weighted by Crippen LogP contribution is -2.14. The second-order valence-electron chi connectivity index (χ2n) is 1.67. The summed E-state index contributed by atoms with van der Waals surface area (Å²) in [4.78, 5) is 0. The molecular weight excluding hydrogens is 210 g/mol. The van der Waals surface area contributed by atoms with Crippen LogP contribution >= 0.6 is 35.6 Å². The Morgan fingerprint density at radius 3 is 1.73 bits per heavy atom. The molecule has 0 spiro atoms. The highest BCUT2D eigenvalue weighted by Gasteiger charge is 2.05. The van der Waals surface area contributed by atoms with Crippen molar-refractivity contribution in [1.82, 2.24) is 14.9 Å². The molecule has 0 saturated heterocycles. The number of aromatic nitrogens is 3. The summed E-state index contributed by atoms with van der Waals surface area (Å²) in [5.41, 5.74) is 0. The number of alkyl halides is 2. The van der Waals surface area contributed by atoms with E-state index in [0.717, 1.165) is 0 Å². The summed E-state index contributed by atoms with van der Waals surface area (Å²) in [6.07, 6.45) is 0. The summed E-state index contributed by atoms with van der Waals surface area (Å²) >= 11 is 10.9.